The number of nitrogens with one attached hydrogen (secondary N) is 1. The van der Waals surface area contributed by atoms with E-state index in [0.29, 0.717) is 33.8 Å². The molecule has 4 aromatic rings. The number of benzene rings is 3. The zero-order valence-electron chi connectivity index (χ0n) is 17.0. The molecule has 0 saturated heterocycles. The molecule has 6 nitrogen and oxygen atoms in total. The number of carbonyl (C=O) groups excluding carboxylic acids is 1. The third kappa shape index (κ3) is 4.92. The number of hydrogen-bond acceptors (Lipinski definition) is 5. The number of amides is 1. The Morgan fingerprint density at radius 1 is 0.968 bits per heavy atom. The molecule has 1 unspecified atom stereocenters. The molecule has 4 rings (SSSR count). The van der Waals surface area contributed by atoms with Crippen molar-refractivity contribution in [2.45, 2.75) is 20.0 Å². The average Bonchev–Trinajstić information content (AvgIpc) is 3.27. The van der Waals surface area contributed by atoms with Crippen LogP contribution in [0.3, 0.4) is 0 Å². The molecule has 1 N–H and O–H groups in total. The second kappa shape index (κ2) is 9.02. The number of carbonyl (C=O) groups is 1. The second-order valence-electron chi connectivity index (χ2n) is 7.02. The summed E-state index contributed by atoms with van der Waals surface area (Å²) in [6.07, 6.45) is -0.698. The molecule has 0 radical (unpaired) electrons. The first-order valence-corrected chi connectivity index (χ1v) is 10.1. The molecule has 1 amide bonds. The number of hydrogen-bond donors (Lipinski definition) is 1. The zero-order chi connectivity index (χ0) is 21.8. The molecular weight excluding hydrogens is 414 g/mol. The molecule has 0 aliphatic carbocycles. The standard InChI is InChI=1S/C24H20ClN3O3/c1-15-13-19(25)11-12-21(15)30-16(2)22(29)26-20-10-6-9-18(14-20)24-28-27-23(31-24)17-7-4-3-5-8-17/h3-14,16H,1-2H3,(H,26,29). The van der Waals surface area contributed by atoms with E-state index in [9.17, 15) is 4.79 Å². The summed E-state index contributed by atoms with van der Waals surface area (Å²) in [5.41, 5.74) is 3.01. The first-order valence-electron chi connectivity index (χ1n) is 9.72. The highest BCUT2D eigenvalue weighted by Crippen LogP contribution is 2.26. The Morgan fingerprint density at radius 3 is 2.42 bits per heavy atom. The first-order chi connectivity index (χ1) is 15.0. The third-order valence-corrected chi connectivity index (χ3v) is 4.87. The van der Waals surface area contributed by atoms with Crippen molar-refractivity contribution in [2.75, 3.05) is 5.32 Å². The molecular formula is C24H20ClN3O3. The minimum absolute atomic E-state index is 0.276. The van der Waals surface area contributed by atoms with Gasteiger partial charge in [-0.05, 0) is 67.9 Å². The SMILES string of the molecule is Cc1cc(Cl)ccc1OC(C)C(=O)Nc1cccc(-c2nnc(-c3ccccc3)o2)c1. The monoisotopic (exact) mass is 433 g/mol. The zero-order valence-corrected chi connectivity index (χ0v) is 17.8. The second-order valence-corrected chi connectivity index (χ2v) is 7.45. The summed E-state index contributed by atoms with van der Waals surface area (Å²) in [6, 6.07) is 22.0. The van der Waals surface area contributed by atoms with Gasteiger partial charge in [0.15, 0.2) is 6.10 Å². The summed E-state index contributed by atoms with van der Waals surface area (Å²) >= 11 is 5.97. The highest BCUT2D eigenvalue weighted by molar-refractivity contribution is 6.30. The Balaban J connectivity index is 1.46. The van der Waals surface area contributed by atoms with E-state index in [0.717, 1.165) is 11.1 Å². The van der Waals surface area contributed by atoms with Crippen LogP contribution in [0.2, 0.25) is 5.02 Å². The Kier molecular flexibility index (Phi) is 6.00. The van der Waals surface area contributed by atoms with Gasteiger partial charge < -0.3 is 14.5 Å². The molecule has 0 spiro atoms. The predicted molar refractivity (Wildman–Crippen MR) is 120 cm³/mol. The van der Waals surface area contributed by atoms with Gasteiger partial charge in [0.2, 0.25) is 11.8 Å². The lowest BCUT2D eigenvalue weighted by molar-refractivity contribution is -0.122. The Morgan fingerprint density at radius 2 is 1.68 bits per heavy atom. The highest BCUT2D eigenvalue weighted by Gasteiger charge is 2.17. The van der Waals surface area contributed by atoms with Crippen molar-refractivity contribution >= 4 is 23.2 Å². The van der Waals surface area contributed by atoms with Crippen LogP contribution < -0.4 is 10.1 Å². The number of aryl methyl sites for hydroxylation is 1. The summed E-state index contributed by atoms with van der Waals surface area (Å²) in [4.78, 5) is 12.6. The van der Waals surface area contributed by atoms with E-state index >= 15 is 0 Å². The van der Waals surface area contributed by atoms with Gasteiger partial charge in [-0.1, -0.05) is 35.9 Å². The van der Waals surface area contributed by atoms with Crippen LogP contribution in [0.25, 0.3) is 22.9 Å². The molecule has 1 heterocycles. The number of anilines is 1. The minimum atomic E-state index is -0.698. The van der Waals surface area contributed by atoms with Crippen molar-refractivity contribution in [3.63, 3.8) is 0 Å². The van der Waals surface area contributed by atoms with E-state index < -0.39 is 6.10 Å². The van der Waals surface area contributed by atoms with E-state index in [1.165, 1.54) is 0 Å². The van der Waals surface area contributed by atoms with E-state index in [-0.39, 0.29) is 5.91 Å². The lowest BCUT2D eigenvalue weighted by Gasteiger charge is -2.16. The molecule has 3 aromatic carbocycles. The van der Waals surface area contributed by atoms with Crippen LogP contribution in [0.4, 0.5) is 5.69 Å². The number of ether oxygens (including phenoxy) is 1. The van der Waals surface area contributed by atoms with Crippen molar-refractivity contribution in [1.82, 2.24) is 10.2 Å². The van der Waals surface area contributed by atoms with E-state index in [1.54, 1.807) is 37.3 Å². The maximum atomic E-state index is 12.6. The number of aromatic nitrogens is 2. The normalized spacial score (nSPS) is 11.7. The quantitative estimate of drug-likeness (QED) is 0.417. The van der Waals surface area contributed by atoms with Crippen LogP contribution >= 0.6 is 11.6 Å². The van der Waals surface area contributed by atoms with Gasteiger partial charge in [-0.15, -0.1) is 10.2 Å². The fourth-order valence-electron chi connectivity index (χ4n) is 3.00. The van der Waals surface area contributed by atoms with Crippen LogP contribution in [0.15, 0.2) is 77.2 Å². The molecule has 1 aromatic heterocycles. The third-order valence-electron chi connectivity index (χ3n) is 4.63. The largest absolute Gasteiger partial charge is 0.481 e. The van der Waals surface area contributed by atoms with E-state index in [4.69, 9.17) is 20.8 Å². The van der Waals surface area contributed by atoms with E-state index in [1.807, 2.05) is 49.4 Å². The van der Waals surface area contributed by atoms with Crippen molar-refractivity contribution in [1.29, 1.82) is 0 Å². The van der Waals surface area contributed by atoms with Gasteiger partial charge in [-0.25, -0.2) is 0 Å². The van der Waals surface area contributed by atoms with Crippen molar-refractivity contribution in [3.05, 3.63) is 83.4 Å². The first kappa shape index (κ1) is 20.6. The summed E-state index contributed by atoms with van der Waals surface area (Å²) in [7, 11) is 0. The number of halogens is 1. The topological polar surface area (TPSA) is 77.2 Å². The molecule has 0 saturated carbocycles. The Hall–Kier alpha value is -3.64. The van der Waals surface area contributed by atoms with Gasteiger partial charge in [-0.3, -0.25) is 4.79 Å². The summed E-state index contributed by atoms with van der Waals surface area (Å²) in [5, 5.41) is 11.7. The van der Waals surface area contributed by atoms with Crippen LogP contribution in [0.1, 0.15) is 12.5 Å². The minimum Gasteiger partial charge on any atom is -0.481 e. The molecule has 0 bridgehead atoms. The van der Waals surface area contributed by atoms with Gasteiger partial charge >= 0.3 is 0 Å². The van der Waals surface area contributed by atoms with Gasteiger partial charge in [0.1, 0.15) is 5.75 Å². The van der Waals surface area contributed by atoms with Gasteiger partial charge in [0.25, 0.3) is 5.91 Å². The van der Waals surface area contributed by atoms with Crippen LogP contribution in [-0.4, -0.2) is 22.2 Å². The Labute approximate surface area is 184 Å². The molecule has 0 fully saturated rings. The summed E-state index contributed by atoms with van der Waals surface area (Å²) < 4.78 is 11.6. The molecule has 31 heavy (non-hydrogen) atoms. The van der Waals surface area contributed by atoms with E-state index in [2.05, 4.69) is 15.5 Å². The lowest BCUT2D eigenvalue weighted by Crippen LogP contribution is -2.30. The molecule has 0 aliphatic heterocycles. The maximum Gasteiger partial charge on any atom is 0.265 e. The van der Waals surface area contributed by atoms with Crippen LogP contribution in [0, 0.1) is 6.92 Å². The lowest BCUT2D eigenvalue weighted by atomic mass is 10.2. The highest BCUT2D eigenvalue weighted by atomic mass is 35.5. The fourth-order valence-corrected chi connectivity index (χ4v) is 3.23. The smallest absolute Gasteiger partial charge is 0.265 e. The van der Waals surface area contributed by atoms with Crippen molar-refractivity contribution in [2.24, 2.45) is 0 Å². The average molecular weight is 434 g/mol. The molecule has 7 heteroatoms. The van der Waals surface area contributed by atoms with Gasteiger partial charge in [0, 0.05) is 21.8 Å². The van der Waals surface area contributed by atoms with Gasteiger partial charge in [-0.2, -0.15) is 0 Å². The molecule has 0 aliphatic rings. The van der Waals surface area contributed by atoms with Crippen LogP contribution in [-0.2, 0) is 4.79 Å². The summed E-state index contributed by atoms with van der Waals surface area (Å²) in [5.74, 6) is 1.14. The van der Waals surface area contributed by atoms with Gasteiger partial charge in [0.05, 0.1) is 0 Å². The van der Waals surface area contributed by atoms with Crippen LogP contribution in [0.5, 0.6) is 5.75 Å². The summed E-state index contributed by atoms with van der Waals surface area (Å²) in [6.45, 7) is 3.57. The fraction of sp³-hybridized carbons (Fsp3) is 0.125. The molecule has 156 valence electrons. The Bertz CT molecular complexity index is 1210. The predicted octanol–water partition coefficient (Wildman–Crippen LogP) is 5.77. The number of rotatable bonds is 6. The van der Waals surface area contributed by atoms with Crippen molar-refractivity contribution < 1.29 is 13.9 Å². The van der Waals surface area contributed by atoms with Crippen molar-refractivity contribution in [3.8, 4) is 28.7 Å². The number of nitrogens with zero attached hydrogens (tertiary/aromatic N) is 2. The molecule has 1 atom stereocenters. The maximum absolute atomic E-state index is 12.6.